The van der Waals surface area contributed by atoms with E-state index in [9.17, 15) is 28.8 Å². The predicted octanol–water partition coefficient (Wildman–Crippen LogP) is 7.26. The Morgan fingerprint density at radius 3 is 2.05 bits per heavy atom. The van der Waals surface area contributed by atoms with Crippen molar-refractivity contribution in [1.82, 2.24) is 19.8 Å². The maximum atomic E-state index is 14.9. The third-order valence-electron chi connectivity index (χ3n) is 11.9. The van der Waals surface area contributed by atoms with E-state index in [1.54, 1.807) is 72.8 Å². The van der Waals surface area contributed by atoms with E-state index in [2.05, 4.69) is 5.32 Å². The Bertz CT molecular complexity index is 2850. The van der Waals surface area contributed by atoms with Gasteiger partial charge in [-0.1, -0.05) is 117 Å². The summed E-state index contributed by atoms with van der Waals surface area (Å²) < 4.78 is 19.6. The van der Waals surface area contributed by atoms with Gasteiger partial charge in [0.1, 0.15) is 25.1 Å². The number of hydrogen-bond acceptors (Lipinski definition) is 10. The number of fused-ring (bicyclic) bond motifs is 7. The molecule has 14 heteroatoms. The molecule has 1 fully saturated rings. The normalized spacial score (nSPS) is 19.6. The second kappa shape index (κ2) is 17.3. The zero-order valence-electron chi connectivity index (χ0n) is 35.2. The molecule has 3 aliphatic heterocycles. The summed E-state index contributed by atoms with van der Waals surface area (Å²) in [5.41, 5.74) is 0.728. The van der Waals surface area contributed by atoms with Crippen LogP contribution in [0.2, 0.25) is 0 Å². The molecule has 0 spiro atoms. The Hall–Kier alpha value is -7.61. The number of benzene rings is 5. The summed E-state index contributed by atoms with van der Waals surface area (Å²) in [7, 11) is 0. The van der Waals surface area contributed by atoms with E-state index in [0.29, 0.717) is 33.4 Å². The highest BCUT2D eigenvalue weighted by Gasteiger charge is 2.67. The van der Waals surface area contributed by atoms with E-state index in [4.69, 9.17) is 19.2 Å². The molecule has 1 aromatic heterocycles. The largest absolute Gasteiger partial charge is 0.461 e. The van der Waals surface area contributed by atoms with Gasteiger partial charge in [-0.05, 0) is 53.8 Å². The highest BCUT2D eigenvalue weighted by atomic mass is 16.6. The van der Waals surface area contributed by atoms with E-state index >= 15 is 0 Å². The minimum Gasteiger partial charge on any atom is -0.461 e. The number of ether oxygens (including phenoxy) is 3. The summed E-state index contributed by atoms with van der Waals surface area (Å²) in [6.07, 6.45) is -3.01. The molecule has 1 saturated heterocycles. The summed E-state index contributed by atoms with van der Waals surface area (Å²) in [5.74, 6) is -2.34. The molecule has 0 saturated carbocycles. The fourth-order valence-electron chi connectivity index (χ4n) is 9.10. The van der Waals surface area contributed by atoms with Crippen molar-refractivity contribution in [3.8, 4) is 5.69 Å². The van der Waals surface area contributed by atoms with Gasteiger partial charge in [0, 0.05) is 12.0 Å². The molecule has 3 aliphatic rings. The lowest BCUT2D eigenvalue weighted by atomic mass is 9.84. The topological polar surface area (TPSA) is 166 Å². The molecule has 0 unspecified atom stereocenters. The van der Waals surface area contributed by atoms with Crippen LogP contribution in [0.1, 0.15) is 78.4 Å². The Morgan fingerprint density at radius 1 is 0.719 bits per heavy atom. The van der Waals surface area contributed by atoms with Crippen LogP contribution in [0, 0.1) is 5.92 Å². The molecule has 4 heterocycles. The maximum Gasteiger partial charge on any atom is 0.412 e. The van der Waals surface area contributed by atoms with E-state index in [1.165, 1.54) is 14.4 Å². The molecular formula is C50H45N5O9. The third kappa shape index (κ3) is 7.65. The van der Waals surface area contributed by atoms with Crippen LogP contribution in [0.15, 0.2) is 138 Å². The first-order chi connectivity index (χ1) is 31.0. The molecule has 64 heavy (non-hydrogen) atoms. The lowest BCUT2D eigenvalue weighted by Gasteiger charge is -2.41. The fourth-order valence-corrected chi connectivity index (χ4v) is 9.10. The van der Waals surface area contributed by atoms with E-state index in [-0.39, 0.29) is 49.8 Å². The van der Waals surface area contributed by atoms with Crippen molar-refractivity contribution < 1.29 is 38.2 Å². The molecule has 3 amide bonds. The number of para-hydroxylation sites is 3. The Kier molecular flexibility index (Phi) is 11.3. The van der Waals surface area contributed by atoms with Crippen molar-refractivity contribution in [1.29, 1.82) is 0 Å². The molecule has 0 aliphatic carbocycles. The Labute approximate surface area is 368 Å². The number of carbonyl (C=O) groups excluding carboxylic acids is 5. The van der Waals surface area contributed by atoms with Gasteiger partial charge >= 0.3 is 18.0 Å². The summed E-state index contributed by atoms with van der Waals surface area (Å²) in [6, 6.07) is 36.4. The summed E-state index contributed by atoms with van der Waals surface area (Å²) in [6.45, 7) is 3.77. The number of carbonyl (C=O) groups is 5. The number of hydrogen-bond donors (Lipinski definition) is 1. The highest BCUT2D eigenvalue weighted by molar-refractivity contribution is 6.05. The first-order valence-corrected chi connectivity index (χ1v) is 21.3. The predicted molar refractivity (Wildman–Crippen MR) is 235 cm³/mol. The number of aromatic nitrogens is 2. The Balaban J connectivity index is 1.18. The van der Waals surface area contributed by atoms with Crippen molar-refractivity contribution in [2.45, 2.75) is 76.6 Å². The van der Waals surface area contributed by atoms with Gasteiger partial charge in [0.15, 0.2) is 11.8 Å². The molecule has 6 aromatic rings. The van der Waals surface area contributed by atoms with Gasteiger partial charge in [-0.25, -0.2) is 9.78 Å². The van der Waals surface area contributed by atoms with E-state index in [1.807, 2.05) is 74.5 Å². The van der Waals surface area contributed by atoms with Crippen molar-refractivity contribution in [2.75, 3.05) is 4.90 Å². The van der Waals surface area contributed by atoms with Crippen LogP contribution < -0.4 is 15.8 Å². The lowest BCUT2D eigenvalue weighted by molar-refractivity contribution is -0.171. The molecule has 9 rings (SSSR count). The lowest BCUT2D eigenvalue weighted by Crippen LogP contribution is -2.57. The monoisotopic (exact) mass is 859 g/mol. The summed E-state index contributed by atoms with van der Waals surface area (Å²) in [4.78, 5) is 94.0. The van der Waals surface area contributed by atoms with Gasteiger partial charge in [0.2, 0.25) is 0 Å². The number of anilines is 1. The summed E-state index contributed by atoms with van der Waals surface area (Å²) in [5, 5.41) is 3.40. The van der Waals surface area contributed by atoms with Crippen molar-refractivity contribution in [2.24, 2.45) is 5.92 Å². The van der Waals surface area contributed by atoms with Crippen LogP contribution in [0.5, 0.6) is 0 Å². The number of rotatable bonds is 12. The molecule has 14 nitrogen and oxygen atoms in total. The second-order valence-corrected chi connectivity index (χ2v) is 16.6. The first kappa shape index (κ1) is 41.7. The highest BCUT2D eigenvalue weighted by Crippen LogP contribution is 2.55. The van der Waals surface area contributed by atoms with E-state index in [0.717, 1.165) is 5.56 Å². The Morgan fingerprint density at radius 2 is 1.33 bits per heavy atom. The summed E-state index contributed by atoms with van der Waals surface area (Å²) >= 11 is 0. The van der Waals surface area contributed by atoms with Crippen molar-refractivity contribution >= 4 is 46.4 Å². The smallest absolute Gasteiger partial charge is 0.412 e. The number of amides is 3. The van der Waals surface area contributed by atoms with Crippen LogP contribution in [0.25, 0.3) is 16.6 Å². The number of esters is 2. The van der Waals surface area contributed by atoms with Gasteiger partial charge < -0.3 is 19.5 Å². The fraction of sp³-hybridized carbons (Fsp3) is 0.260. The SMILES string of the molecule is CC(C)C[C@H]1C(=O)N2c3ccccc3[C@](C[C@@H]3NC(=O)c4ccccc4-n4c3nc3ccccc3c4=O)(OC(=O)CCC(=O)OCc3ccccc3)[C@H]2N1C(=O)OCc1ccccc1. The minimum absolute atomic E-state index is 0.00665. The quantitative estimate of drug-likeness (QED) is 0.0978. The molecule has 324 valence electrons. The molecule has 0 bridgehead atoms. The van der Waals surface area contributed by atoms with Crippen LogP contribution in [-0.4, -0.2) is 56.5 Å². The van der Waals surface area contributed by atoms with Gasteiger partial charge in [-0.15, -0.1) is 0 Å². The maximum absolute atomic E-state index is 14.9. The average molecular weight is 860 g/mol. The van der Waals surface area contributed by atoms with Crippen LogP contribution in [0.4, 0.5) is 10.5 Å². The van der Waals surface area contributed by atoms with Crippen LogP contribution in [-0.2, 0) is 47.4 Å². The zero-order chi connectivity index (χ0) is 44.5. The third-order valence-corrected chi connectivity index (χ3v) is 11.9. The molecule has 1 N–H and O–H groups in total. The van der Waals surface area contributed by atoms with Gasteiger partial charge in [-0.2, -0.15) is 0 Å². The first-order valence-electron chi connectivity index (χ1n) is 21.3. The van der Waals surface area contributed by atoms with Crippen molar-refractivity contribution in [3.05, 3.63) is 172 Å². The standard InChI is InChI=1S/C50H45N5O9/c1-31(2)27-41-47(60)54-40-24-14-11-21-36(40)50(48(54)55(41)49(61)63-30-33-17-7-4-8-18-33,64-43(57)26-25-42(56)62-29-32-15-5-3-6-16-32)28-38-44-51-37-22-12-9-19-34(37)46(59)53(44)39-23-13-10-20-35(39)45(58)52-38/h3-24,31,38,41,48H,25-30H2,1-2H3,(H,52,58)/t38-,41-,48+,50-/m0/s1. The molecule has 5 aromatic carbocycles. The number of nitrogens with one attached hydrogen (secondary N) is 1. The molecular weight excluding hydrogens is 815 g/mol. The zero-order valence-corrected chi connectivity index (χ0v) is 35.2. The van der Waals surface area contributed by atoms with Gasteiger partial charge in [0.25, 0.3) is 17.4 Å². The second-order valence-electron chi connectivity index (χ2n) is 16.6. The van der Waals surface area contributed by atoms with Gasteiger partial charge in [-0.3, -0.25) is 38.3 Å². The average Bonchev–Trinajstić information content (AvgIpc) is 3.70. The van der Waals surface area contributed by atoms with Gasteiger partial charge in [0.05, 0.1) is 46.7 Å². The molecule has 0 radical (unpaired) electrons. The van der Waals surface area contributed by atoms with Crippen molar-refractivity contribution in [3.63, 3.8) is 0 Å². The van der Waals surface area contributed by atoms with Crippen LogP contribution >= 0.6 is 0 Å². The minimum atomic E-state index is -1.95. The molecule has 4 atom stereocenters. The van der Waals surface area contributed by atoms with E-state index < -0.39 is 65.7 Å². The van der Waals surface area contributed by atoms with Crippen LogP contribution in [0.3, 0.4) is 0 Å². The number of nitrogens with zero attached hydrogens (tertiary/aromatic N) is 4.